The molecule has 0 atom stereocenters. The first kappa shape index (κ1) is 15.5. The van der Waals surface area contributed by atoms with Gasteiger partial charge in [-0.05, 0) is 20.8 Å². The highest BCUT2D eigenvalue weighted by Gasteiger charge is 2.33. The number of nitrogen functional groups attached to an aromatic ring is 1. The molecule has 108 valence electrons. The second-order valence-corrected chi connectivity index (χ2v) is 4.66. The summed E-state index contributed by atoms with van der Waals surface area (Å²) in [6.07, 6.45) is -3.77. The third-order valence-corrected chi connectivity index (χ3v) is 2.77. The number of aryl methyl sites for hydroxylation is 1. The van der Waals surface area contributed by atoms with E-state index in [0.717, 1.165) is 0 Å². The smallest absolute Gasteiger partial charge is 0.383 e. The molecule has 0 unspecified atom stereocenters. The summed E-state index contributed by atoms with van der Waals surface area (Å²) in [6, 6.07) is -0.334. The minimum Gasteiger partial charge on any atom is -0.383 e. The van der Waals surface area contributed by atoms with Gasteiger partial charge in [-0.1, -0.05) is 6.92 Å². The molecule has 1 aromatic heterocycles. The van der Waals surface area contributed by atoms with Crippen LogP contribution in [0.5, 0.6) is 0 Å². The lowest BCUT2D eigenvalue weighted by atomic mass is 10.2. The van der Waals surface area contributed by atoms with Crippen LogP contribution in [-0.2, 0) is 6.42 Å². The van der Waals surface area contributed by atoms with Gasteiger partial charge in [-0.2, -0.15) is 13.2 Å². The van der Waals surface area contributed by atoms with Crippen LogP contribution in [0.3, 0.4) is 0 Å². The molecule has 0 aliphatic rings. The van der Waals surface area contributed by atoms with E-state index in [2.05, 4.69) is 9.97 Å². The van der Waals surface area contributed by atoms with Gasteiger partial charge in [-0.15, -0.1) is 0 Å². The quantitative estimate of drug-likeness (QED) is 0.918. The lowest BCUT2D eigenvalue weighted by Gasteiger charge is -2.30. The molecule has 0 radical (unpaired) electrons. The fraction of sp³-hybridized carbons (Fsp3) is 0.667. The molecular formula is C12H19F3N4. The molecule has 0 aromatic carbocycles. The van der Waals surface area contributed by atoms with E-state index in [-0.39, 0.29) is 17.7 Å². The number of aromatic nitrogens is 2. The fourth-order valence-corrected chi connectivity index (χ4v) is 1.70. The van der Waals surface area contributed by atoms with Crippen LogP contribution in [0.1, 0.15) is 32.2 Å². The molecule has 0 saturated heterocycles. The summed E-state index contributed by atoms with van der Waals surface area (Å²) < 4.78 is 38.0. The number of halogens is 3. The summed E-state index contributed by atoms with van der Waals surface area (Å²) in [5, 5.41) is 0. The van der Waals surface area contributed by atoms with Crippen molar-refractivity contribution < 1.29 is 13.2 Å². The van der Waals surface area contributed by atoms with Crippen molar-refractivity contribution in [2.75, 3.05) is 17.2 Å². The molecule has 7 heteroatoms. The van der Waals surface area contributed by atoms with Gasteiger partial charge >= 0.3 is 6.18 Å². The largest absolute Gasteiger partial charge is 0.405 e. The van der Waals surface area contributed by atoms with E-state index in [1.165, 1.54) is 4.90 Å². The van der Waals surface area contributed by atoms with Crippen LogP contribution in [0.4, 0.5) is 24.8 Å². The Kier molecular flexibility index (Phi) is 4.60. The van der Waals surface area contributed by atoms with Crippen molar-refractivity contribution in [1.29, 1.82) is 0 Å². The Labute approximate surface area is 110 Å². The van der Waals surface area contributed by atoms with Crippen molar-refractivity contribution >= 4 is 11.6 Å². The number of anilines is 2. The number of nitrogens with two attached hydrogens (primary N) is 1. The van der Waals surface area contributed by atoms with Crippen LogP contribution in [0, 0.1) is 6.92 Å². The molecule has 1 heterocycles. The summed E-state index contributed by atoms with van der Waals surface area (Å²) in [6.45, 7) is 5.79. The monoisotopic (exact) mass is 276 g/mol. The zero-order chi connectivity index (χ0) is 14.8. The average molecular weight is 276 g/mol. The van der Waals surface area contributed by atoms with E-state index in [1.807, 2.05) is 6.92 Å². The summed E-state index contributed by atoms with van der Waals surface area (Å²) in [5.41, 5.74) is 6.22. The van der Waals surface area contributed by atoms with Crippen LogP contribution in [0.2, 0.25) is 0 Å². The molecule has 0 saturated carbocycles. The molecule has 0 amide bonds. The summed E-state index contributed by atoms with van der Waals surface area (Å²) >= 11 is 0. The lowest BCUT2D eigenvalue weighted by molar-refractivity contribution is -0.120. The first-order valence-corrected chi connectivity index (χ1v) is 6.12. The predicted molar refractivity (Wildman–Crippen MR) is 69.1 cm³/mol. The molecule has 2 N–H and O–H groups in total. The van der Waals surface area contributed by atoms with E-state index >= 15 is 0 Å². The van der Waals surface area contributed by atoms with Crippen molar-refractivity contribution in [3.8, 4) is 0 Å². The van der Waals surface area contributed by atoms with E-state index in [4.69, 9.17) is 5.73 Å². The van der Waals surface area contributed by atoms with Gasteiger partial charge in [0.1, 0.15) is 24.0 Å². The van der Waals surface area contributed by atoms with Gasteiger partial charge in [0.2, 0.25) is 0 Å². The minimum absolute atomic E-state index is 0.231. The molecule has 0 fully saturated rings. The van der Waals surface area contributed by atoms with Gasteiger partial charge in [0.15, 0.2) is 0 Å². The minimum atomic E-state index is -4.29. The highest BCUT2D eigenvalue weighted by atomic mass is 19.4. The molecule has 0 spiro atoms. The Hall–Kier alpha value is -1.53. The standard InChI is InChI=1S/C12H19F3N4/c1-5-9-17-10(16)8(4)11(18-9)19(7(2)3)6-12(13,14)15/h7H,5-6H2,1-4H3,(H2,16,17,18). The average Bonchev–Trinajstić information content (AvgIpc) is 2.28. The first-order valence-electron chi connectivity index (χ1n) is 6.12. The lowest BCUT2D eigenvalue weighted by Crippen LogP contribution is -2.40. The van der Waals surface area contributed by atoms with Crippen molar-refractivity contribution in [2.24, 2.45) is 0 Å². The number of hydrogen-bond donors (Lipinski definition) is 1. The summed E-state index contributed by atoms with van der Waals surface area (Å²) in [4.78, 5) is 9.44. The normalized spacial score (nSPS) is 12.0. The third kappa shape index (κ3) is 3.97. The highest BCUT2D eigenvalue weighted by Crippen LogP contribution is 2.27. The van der Waals surface area contributed by atoms with E-state index in [1.54, 1.807) is 20.8 Å². The summed E-state index contributed by atoms with van der Waals surface area (Å²) in [7, 11) is 0. The molecule has 19 heavy (non-hydrogen) atoms. The molecular weight excluding hydrogens is 257 g/mol. The Morgan fingerprint density at radius 3 is 2.26 bits per heavy atom. The Balaban J connectivity index is 3.26. The Morgan fingerprint density at radius 1 is 1.26 bits per heavy atom. The fourth-order valence-electron chi connectivity index (χ4n) is 1.70. The van der Waals surface area contributed by atoms with Gasteiger partial charge in [-0.25, -0.2) is 9.97 Å². The highest BCUT2D eigenvalue weighted by molar-refractivity contribution is 5.57. The third-order valence-electron chi connectivity index (χ3n) is 2.77. The number of hydrogen-bond acceptors (Lipinski definition) is 4. The van der Waals surface area contributed by atoms with Crippen LogP contribution in [0.25, 0.3) is 0 Å². The SMILES string of the molecule is CCc1nc(N)c(C)c(N(CC(F)(F)F)C(C)C)n1. The van der Waals surface area contributed by atoms with Crippen molar-refractivity contribution in [2.45, 2.75) is 46.3 Å². The van der Waals surface area contributed by atoms with Gasteiger partial charge < -0.3 is 10.6 Å². The number of alkyl halides is 3. The van der Waals surface area contributed by atoms with Crippen molar-refractivity contribution in [3.63, 3.8) is 0 Å². The molecule has 0 aliphatic heterocycles. The maximum Gasteiger partial charge on any atom is 0.405 e. The number of nitrogens with zero attached hydrogens (tertiary/aromatic N) is 3. The van der Waals surface area contributed by atoms with Crippen molar-refractivity contribution in [1.82, 2.24) is 9.97 Å². The van der Waals surface area contributed by atoms with Gasteiger partial charge in [-0.3, -0.25) is 0 Å². The Morgan fingerprint density at radius 2 is 1.84 bits per heavy atom. The predicted octanol–water partition coefficient (Wildman–Crippen LogP) is 2.71. The van der Waals surface area contributed by atoms with E-state index in [9.17, 15) is 13.2 Å². The molecule has 0 aliphatic carbocycles. The topological polar surface area (TPSA) is 55.0 Å². The zero-order valence-electron chi connectivity index (χ0n) is 11.5. The van der Waals surface area contributed by atoms with Gasteiger partial charge in [0.05, 0.1) is 0 Å². The maximum absolute atomic E-state index is 12.7. The summed E-state index contributed by atoms with van der Waals surface area (Å²) in [5.74, 6) is 0.942. The molecule has 1 aromatic rings. The van der Waals surface area contributed by atoms with Gasteiger partial charge in [0.25, 0.3) is 0 Å². The van der Waals surface area contributed by atoms with Crippen LogP contribution in [-0.4, -0.2) is 28.7 Å². The van der Waals surface area contributed by atoms with E-state index < -0.39 is 12.7 Å². The van der Waals surface area contributed by atoms with Crippen LogP contribution < -0.4 is 10.6 Å². The second kappa shape index (κ2) is 5.63. The zero-order valence-corrected chi connectivity index (χ0v) is 11.5. The number of rotatable bonds is 4. The Bertz CT molecular complexity index is 443. The van der Waals surface area contributed by atoms with Crippen LogP contribution in [0.15, 0.2) is 0 Å². The first-order chi connectivity index (χ1) is 8.65. The van der Waals surface area contributed by atoms with Crippen LogP contribution >= 0.6 is 0 Å². The van der Waals surface area contributed by atoms with E-state index in [0.29, 0.717) is 17.8 Å². The maximum atomic E-state index is 12.7. The van der Waals surface area contributed by atoms with Gasteiger partial charge in [0, 0.05) is 18.0 Å². The molecule has 0 bridgehead atoms. The van der Waals surface area contributed by atoms with Crippen molar-refractivity contribution in [3.05, 3.63) is 11.4 Å². The second-order valence-electron chi connectivity index (χ2n) is 4.66. The molecule has 1 rings (SSSR count). The molecule has 4 nitrogen and oxygen atoms in total.